The molecule has 2 aliphatic rings. The van der Waals surface area contributed by atoms with E-state index < -0.39 is 0 Å². The van der Waals surface area contributed by atoms with E-state index in [1.54, 1.807) is 11.3 Å². The molecule has 166 valence electrons. The molecular weight excluding hydrogens is 424 g/mol. The maximum absolute atomic E-state index is 6.47. The Labute approximate surface area is 193 Å². The molecule has 3 heterocycles. The lowest BCUT2D eigenvalue weighted by molar-refractivity contribution is 0.157. The molecule has 7 nitrogen and oxygen atoms in total. The Kier molecular flexibility index (Phi) is 6.12. The van der Waals surface area contributed by atoms with E-state index in [1.807, 2.05) is 18.2 Å². The number of hydroxylamine groups is 1. The van der Waals surface area contributed by atoms with Gasteiger partial charge in [0, 0.05) is 44.0 Å². The van der Waals surface area contributed by atoms with E-state index in [0.29, 0.717) is 23.4 Å². The van der Waals surface area contributed by atoms with Crippen molar-refractivity contribution in [3.05, 3.63) is 71.4 Å². The van der Waals surface area contributed by atoms with Gasteiger partial charge in [0.2, 0.25) is 5.95 Å². The van der Waals surface area contributed by atoms with Gasteiger partial charge in [-0.25, -0.2) is 10.0 Å². The Morgan fingerprint density at radius 2 is 1.75 bits per heavy atom. The summed E-state index contributed by atoms with van der Waals surface area (Å²) < 4.78 is 0. The third kappa shape index (κ3) is 4.50. The second kappa shape index (κ2) is 9.32. The summed E-state index contributed by atoms with van der Waals surface area (Å²) in [6.07, 6.45) is 2.50. The van der Waals surface area contributed by atoms with Gasteiger partial charge in [0.1, 0.15) is 5.02 Å². The van der Waals surface area contributed by atoms with Gasteiger partial charge in [-0.1, -0.05) is 41.9 Å². The molecule has 0 spiro atoms. The van der Waals surface area contributed by atoms with Crippen LogP contribution in [0.15, 0.2) is 60.8 Å². The highest BCUT2D eigenvalue weighted by Gasteiger charge is 2.30. The first-order chi connectivity index (χ1) is 15.7. The number of aromatic nitrogens is 2. The highest BCUT2D eigenvalue weighted by molar-refractivity contribution is 6.32. The third-order valence-corrected chi connectivity index (χ3v) is 6.28. The van der Waals surface area contributed by atoms with Gasteiger partial charge < -0.3 is 15.1 Å². The van der Waals surface area contributed by atoms with Crippen molar-refractivity contribution >= 4 is 34.7 Å². The molecule has 0 unspecified atom stereocenters. The zero-order valence-corrected chi connectivity index (χ0v) is 18.9. The van der Waals surface area contributed by atoms with Crippen LogP contribution >= 0.6 is 11.6 Å². The molecule has 0 aliphatic carbocycles. The van der Waals surface area contributed by atoms with Crippen molar-refractivity contribution in [2.45, 2.75) is 12.5 Å². The molecule has 5 rings (SSSR count). The largest absolute Gasteiger partial charge is 0.369 e. The number of benzene rings is 2. The fourth-order valence-corrected chi connectivity index (χ4v) is 4.35. The number of piperazine rings is 1. The summed E-state index contributed by atoms with van der Waals surface area (Å²) in [5.74, 6) is 1.06. The normalized spacial score (nSPS) is 19.4. The van der Waals surface area contributed by atoms with Crippen LogP contribution in [0.5, 0.6) is 0 Å². The first kappa shape index (κ1) is 21.0. The van der Waals surface area contributed by atoms with E-state index in [0.717, 1.165) is 38.3 Å². The maximum Gasteiger partial charge on any atom is 0.229 e. The molecule has 1 N–H and O–H groups in total. The average Bonchev–Trinajstić information content (AvgIpc) is 3.32. The van der Waals surface area contributed by atoms with Crippen LogP contribution in [0.25, 0.3) is 0 Å². The summed E-state index contributed by atoms with van der Waals surface area (Å²) >= 11 is 6.47. The molecule has 1 atom stereocenters. The number of likely N-dealkylation sites (N-methyl/N-ethyl adjacent to an activating group) is 1. The van der Waals surface area contributed by atoms with E-state index in [4.69, 9.17) is 16.4 Å². The van der Waals surface area contributed by atoms with Crippen molar-refractivity contribution in [3.63, 3.8) is 0 Å². The fourth-order valence-electron chi connectivity index (χ4n) is 4.18. The molecule has 0 bridgehead atoms. The maximum atomic E-state index is 6.47. The van der Waals surface area contributed by atoms with Crippen LogP contribution in [0.2, 0.25) is 5.02 Å². The van der Waals surface area contributed by atoms with Gasteiger partial charge in [0.15, 0.2) is 5.82 Å². The van der Waals surface area contributed by atoms with Gasteiger partial charge in [-0.15, -0.1) is 0 Å². The smallest absolute Gasteiger partial charge is 0.229 e. The SMILES string of the molecule is CN1CCN(c2ccc(Nc3ncc(Cl)c(N4OCC[C@H]4c4ccccc4)n3)cc2)CC1. The topological polar surface area (TPSA) is 56.8 Å². The zero-order valence-electron chi connectivity index (χ0n) is 18.1. The van der Waals surface area contributed by atoms with E-state index >= 15 is 0 Å². The molecule has 0 saturated carbocycles. The number of nitrogens with one attached hydrogen (secondary N) is 1. The van der Waals surface area contributed by atoms with Gasteiger partial charge in [-0.3, -0.25) is 4.84 Å². The number of hydrogen-bond donors (Lipinski definition) is 1. The minimum atomic E-state index is 0.0688. The molecular formula is C24H27ClN6O. The molecule has 3 aromatic rings. The van der Waals surface area contributed by atoms with E-state index in [2.05, 4.69) is 68.5 Å². The van der Waals surface area contributed by atoms with Crippen molar-refractivity contribution in [2.75, 3.05) is 55.1 Å². The number of anilines is 4. The van der Waals surface area contributed by atoms with E-state index in [9.17, 15) is 0 Å². The Bertz CT molecular complexity index is 1040. The Morgan fingerprint density at radius 1 is 1.00 bits per heavy atom. The fraction of sp³-hybridized carbons (Fsp3) is 0.333. The van der Waals surface area contributed by atoms with Crippen molar-refractivity contribution in [1.82, 2.24) is 14.9 Å². The lowest BCUT2D eigenvalue weighted by Gasteiger charge is -2.34. The Morgan fingerprint density at radius 3 is 2.50 bits per heavy atom. The first-order valence-electron chi connectivity index (χ1n) is 11.0. The summed E-state index contributed by atoms with van der Waals surface area (Å²) in [7, 11) is 2.17. The predicted octanol–water partition coefficient (Wildman–Crippen LogP) is 4.51. The van der Waals surface area contributed by atoms with Gasteiger partial charge in [0.25, 0.3) is 0 Å². The van der Waals surface area contributed by atoms with Crippen LogP contribution < -0.4 is 15.3 Å². The van der Waals surface area contributed by atoms with Crippen LogP contribution in [0.4, 0.5) is 23.1 Å². The zero-order chi connectivity index (χ0) is 21.9. The number of halogens is 1. The van der Waals surface area contributed by atoms with Crippen LogP contribution in [-0.4, -0.2) is 54.7 Å². The monoisotopic (exact) mass is 450 g/mol. The van der Waals surface area contributed by atoms with Crippen molar-refractivity contribution in [1.29, 1.82) is 0 Å². The lowest BCUT2D eigenvalue weighted by Crippen LogP contribution is -2.44. The molecule has 2 fully saturated rings. The minimum Gasteiger partial charge on any atom is -0.369 e. The number of nitrogens with zero attached hydrogens (tertiary/aromatic N) is 5. The standard InChI is InChI=1S/C24H27ClN6O/c1-29-12-14-30(15-13-29)20-9-7-19(8-10-20)27-24-26-17-21(25)23(28-24)31-22(11-16-32-31)18-5-3-2-4-6-18/h2-10,17,22H,11-16H2,1H3,(H,26,27,28)/t22-/m0/s1. The highest BCUT2D eigenvalue weighted by Crippen LogP contribution is 2.37. The van der Waals surface area contributed by atoms with Crippen LogP contribution in [0.3, 0.4) is 0 Å². The summed E-state index contributed by atoms with van der Waals surface area (Å²) in [4.78, 5) is 19.7. The van der Waals surface area contributed by atoms with E-state index in [-0.39, 0.29) is 6.04 Å². The summed E-state index contributed by atoms with van der Waals surface area (Å²) in [6.45, 7) is 4.89. The summed E-state index contributed by atoms with van der Waals surface area (Å²) in [5, 5.41) is 5.57. The summed E-state index contributed by atoms with van der Waals surface area (Å²) in [6, 6.07) is 18.7. The van der Waals surface area contributed by atoms with Gasteiger partial charge in [0.05, 0.1) is 18.8 Å². The molecule has 0 amide bonds. The predicted molar refractivity (Wildman–Crippen MR) is 129 cm³/mol. The van der Waals surface area contributed by atoms with Crippen LogP contribution in [0, 0.1) is 0 Å². The second-order valence-electron chi connectivity index (χ2n) is 8.20. The highest BCUT2D eigenvalue weighted by atomic mass is 35.5. The third-order valence-electron chi connectivity index (χ3n) is 6.02. The minimum absolute atomic E-state index is 0.0688. The van der Waals surface area contributed by atoms with Gasteiger partial charge >= 0.3 is 0 Å². The quantitative estimate of drug-likeness (QED) is 0.613. The van der Waals surface area contributed by atoms with E-state index in [1.165, 1.54) is 11.3 Å². The van der Waals surface area contributed by atoms with Crippen LogP contribution in [-0.2, 0) is 4.84 Å². The molecule has 1 aromatic heterocycles. The first-order valence-corrected chi connectivity index (χ1v) is 11.4. The van der Waals surface area contributed by atoms with Crippen molar-refractivity contribution in [2.24, 2.45) is 0 Å². The molecule has 8 heteroatoms. The molecule has 0 radical (unpaired) electrons. The Balaban J connectivity index is 1.32. The van der Waals surface area contributed by atoms with Gasteiger partial charge in [-0.2, -0.15) is 4.98 Å². The molecule has 2 saturated heterocycles. The molecule has 2 aliphatic heterocycles. The van der Waals surface area contributed by atoms with Crippen molar-refractivity contribution in [3.8, 4) is 0 Å². The second-order valence-corrected chi connectivity index (χ2v) is 8.61. The average molecular weight is 451 g/mol. The molecule has 32 heavy (non-hydrogen) atoms. The number of hydrogen-bond acceptors (Lipinski definition) is 7. The Hall–Kier alpha value is -2.87. The lowest BCUT2D eigenvalue weighted by atomic mass is 10.0. The van der Waals surface area contributed by atoms with Crippen molar-refractivity contribution < 1.29 is 4.84 Å². The summed E-state index contributed by atoms with van der Waals surface area (Å²) in [5.41, 5.74) is 3.34. The number of rotatable bonds is 5. The van der Waals surface area contributed by atoms with Gasteiger partial charge in [-0.05, 0) is 36.9 Å². The molecule has 2 aromatic carbocycles. The van der Waals surface area contributed by atoms with Crippen LogP contribution in [0.1, 0.15) is 18.0 Å².